The number of anilines is 1. The summed E-state index contributed by atoms with van der Waals surface area (Å²) in [6.07, 6.45) is 10.2. The molecule has 0 radical (unpaired) electrons. The average Bonchev–Trinajstić information content (AvgIpc) is 3.23. The Morgan fingerprint density at radius 2 is 2.04 bits per heavy atom. The summed E-state index contributed by atoms with van der Waals surface area (Å²) in [5.41, 5.74) is 3.12. The predicted octanol–water partition coefficient (Wildman–Crippen LogP) is 4.29. The van der Waals surface area contributed by atoms with Gasteiger partial charge in [0, 0.05) is 47.6 Å². The summed E-state index contributed by atoms with van der Waals surface area (Å²) in [5.74, 6) is 2.37. The predicted molar refractivity (Wildman–Crippen MR) is 111 cm³/mol. The number of rotatable bonds is 3. The molecular formula is C22H27N5O. The van der Waals surface area contributed by atoms with Gasteiger partial charge in [0.25, 0.3) is 0 Å². The number of aromatic nitrogens is 4. The summed E-state index contributed by atoms with van der Waals surface area (Å²) in [7, 11) is 0. The highest BCUT2D eigenvalue weighted by atomic mass is 16.5. The maximum Gasteiger partial charge on any atom is 0.162 e. The van der Waals surface area contributed by atoms with Crippen LogP contribution in [0.4, 0.5) is 5.82 Å². The van der Waals surface area contributed by atoms with Gasteiger partial charge < -0.3 is 14.6 Å². The SMILES string of the molecule is CC1COCCN1c1cc(C2CCCCC2)nc(-c2ccnc3[nH]ccc23)n1. The molecule has 0 aromatic carbocycles. The number of fused-ring (bicyclic) bond motifs is 1. The van der Waals surface area contributed by atoms with Crippen molar-refractivity contribution in [1.82, 2.24) is 19.9 Å². The van der Waals surface area contributed by atoms with Crippen molar-refractivity contribution in [3.05, 3.63) is 36.3 Å². The Morgan fingerprint density at radius 1 is 1.14 bits per heavy atom. The molecule has 1 atom stereocenters. The van der Waals surface area contributed by atoms with Crippen molar-refractivity contribution in [1.29, 1.82) is 0 Å². The van der Waals surface area contributed by atoms with Gasteiger partial charge >= 0.3 is 0 Å². The standard InChI is InChI=1S/C22H27N5O/c1-15-14-28-12-11-27(15)20-13-19(16-5-3-2-4-6-16)25-22(26-20)18-8-10-24-21-17(18)7-9-23-21/h7-10,13,15-16H,2-6,11-12,14H2,1H3,(H,23,24). The molecule has 3 aromatic rings. The summed E-state index contributed by atoms with van der Waals surface area (Å²) in [4.78, 5) is 20.1. The van der Waals surface area contributed by atoms with Gasteiger partial charge in [-0.25, -0.2) is 15.0 Å². The van der Waals surface area contributed by atoms with Crippen LogP contribution in [0.25, 0.3) is 22.4 Å². The smallest absolute Gasteiger partial charge is 0.162 e. The lowest BCUT2D eigenvalue weighted by molar-refractivity contribution is 0.0985. The molecule has 5 rings (SSSR count). The number of nitrogens with one attached hydrogen (secondary N) is 1. The third-order valence-corrected chi connectivity index (χ3v) is 6.12. The van der Waals surface area contributed by atoms with E-state index < -0.39 is 0 Å². The van der Waals surface area contributed by atoms with Crippen molar-refractivity contribution in [2.75, 3.05) is 24.7 Å². The second-order valence-corrected chi connectivity index (χ2v) is 8.03. The second kappa shape index (κ2) is 7.51. The fourth-order valence-corrected chi connectivity index (χ4v) is 4.55. The Labute approximate surface area is 165 Å². The van der Waals surface area contributed by atoms with Crippen LogP contribution in [0, 0.1) is 0 Å². The molecule has 1 N–H and O–H groups in total. The number of pyridine rings is 1. The Balaban J connectivity index is 1.63. The number of morpholine rings is 1. The number of aromatic amines is 1. The number of hydrogen-bond donors (Lipinski definition) is 1. The van der Waals surface area contributed by atoms with Crippen molar-refractivity contribution in [2.45, 2.75) is 51.0 Å². The first-order chi connectivity index (χ1) is 13.8. The van der Waals surface area contributed by atoms with Crippen LogP contribution in [0.3, 0.4) is 0 Å². The summed E-state index contributed by atoms with van der Waals surface area (Å²) < 4.78 is 5.64. The summed E-state index contributed by atoms with van der Waals surface area (Å²) in [6, 6.07) is 6.64. The summed E-state index contributed by atoms with van der Waals surface area (Å²) in [6.45, 7) is 4.57. The zero-order valence-electron chi connectivity index (χ0n) is 16.4. The molecule has 3 aromatic heterocycles. The monoisotopic (exact) mass is 377 g/mol. The molecule has 0 spiro atoms. The van der Waals surface area contributed by atoms with Gasteiger partial charge in [-0.1, -0.05) is 19.3 Å². The minimum absolute atomic E-state index is 0.320. The minimum Gasteiger partial charge on any atom is -0.377 e. The van der Waals surface area contributed by atoms with E-state index in [2.05, 4.69) is 33.9 Å². The van der Waals surface area contributed by atoms with Gasteiger partial charge in [-0.3, -0.25) is 0 Å². The van der Waals surface area contributed by atoms with E-state index in [1.54, 1.807) is 0 Å². The number of H-pyrrole nitrogens is 1. The molecule has 0 amide bonds. The molecule has 1 aliphatic carbocycles. The first-order valence-corrected chi connectivity index (χ1v) is 10.5. The zero-order chi connectivity index (χ0) is 18.9. The minimum atomic E-state index is 0.320. The highest BCUT2D eigenvalue weighted by Gasteiger charge is 2.25. The molecule has 1 saturated heterocycles. The number of ether oxygens (including phenoxy) is 1. The molecule has 0 bridgehead atoms. The topological polar surface area (TPSA) is 66.9 Å². The van der Waals surface area contributed by atoms with Gasteiger partial charge in [0.15, 0.2) is 5.82 Å². The first kappa shape index (κ1) is 17.6. The maximum absolute atomic E-state index is 5.64. The molecule has 1 saturated carbocycles. The molecule has 2 aliphatic rings. The lowest BCUT2D eigenvalue weighted by Crippen LogP contribution is -2.44. The molecular weight excluding hydrogens is 350 g/mol. The van der Waals surface area contributed by atoms with Crippen molar-refractivity contribution in [3.63, 3.8) is 0 Å². The van der Waals surface area contributed by atoms with Gasteiger partial charge in [-0.15, -0.1) is 0 Å². The summed E-state index contributed by atoms with van der Waals surface area (Å²) in [5, 5.41) is 1.07. The Kier molecular flexibility index (Phi) is 4.72. The molecule has 6 nitrogen and oxygen atoms in total. The highest BCUT2D eigenvalue weighted by Crippen LogP contribution is 2.35. The molecule has 6 heteroatoms. The molecule has 28 heavy (non-hydrogen) atoms. The van der Waals surface area contributed by atoms with Gasteiger partial charge in [0.2, 0.25) is 0 Å². The van der Waals surface area contributed by atoms with Crippen LogP contribution in [0.5, 0.6) is 0 Å². The Morgan fingerprint density at radius 3 is 2.89 bits per heavy atom. The lowest BCUT2D eigenvalue weighted by Gasteiger charge is -2.35. The van der Waals surface area contributed by atoms with E-state index in [1.165, 1.54) is 37.8 Å². The van der Waals surface area contributed by atoms with Crippen LogP contribution >= 0.6 is 0 Å². The van der Waals surface area contributed by atoms with Crippen molar-refractivity contribution < 1.29 is 4.74 Å². The number of hydrogen-bond acceptors (Lipinski definition) is 5. The van der Waals surface area contributed by atoms with Gasteiger partial charge in [0.1, 0.15) is 11.5 Å². The second-order valence-electron chi connectivity index (χ2n) is 8.03. The van der Waals surface area contributed by atoms with E-state index >= 15 is 0 Å². The zero-order valence-corrected chi connectivity index (χ0v) is 16.4. The maximum atomic E-state index is 5.64. The van der Waals surface area contributed by atoms with Crippen LogP contribution in [0.1, 0.15) is 50.6 Å². The largest absolute Gasteiger partial charge is 0.377 e. The Hall–Kier alpha value is -2.47. The normalized spacial score (nSPS) is 21.3. The van der Waals surface area contributed by atoms with Crippen molar-refractivity contribution >= 4 is 16.9 Å². The van der Waals surface area contributed by atoms with Crippen LogP contribution in [0.2, 0.25) is 0 Å². The summed E-state index contributed by atoms with van der Waals surface area (Å²) >= 11 is 0. The Bertz CT molecular complexity index is 962. The quantitative estimate of drug-likeness (QED) is 0.737. The van der Waals surface area contributed by atoms with E-state index in [9.17, 15) is 0 Å². The lowest BCUT2D eigenvalue weighted by atomic mass is 9.86. The van der Waals surface area contributed by atoms with Gasteiger partial charge in [-0.05, 0) is 31.9 Å². The third-order valence-electron chi connectivity index (χ3n) is 6.12. The van der Waals surface area contributed by atoms with Crippen molar-refractivity contribution in [2.24, 2.45) is 0 Å². The highest BCUT2D eigenvalue weighted by molar-refractivity contribution is 5.91. The average molecular weight is 377 g/mol. The molecule has 1 aliphatic heterocycles. The van der Waals surface area contributed by atoms with Gasteiger partial charge in [-0.2, -0.15) is 0 Å². The van der Waals surface area contributed by atoms with Crippen molar-refractivity contribution in [3.8, 4) is 11.4 Å². The van der Waals surface area contributed by atoms with Crippen LogP contribution in [-0.4, -0.2) is 45.7 Å². The third kappa shape index (κ3) is 3.26. The van der Waals surface area contributed by atoms with Crippen LogP contribution < -0.4 is 4.90 Å². The fraction of sp³-hybridized carbons (Fsp3) is 0.500. The van der Waals surface area contributed by atoms with Crippen LogP contribution in [-0.2, 0) is 4.74 Å². The fourth-order valence-electron chi connectivity index (χ4n) is 4.55. The van der Waals surface area contributed by atoms with E-state index in [-0.39, 0.29) is 0 Å². The van der Waals surface area contributed by atoms with Gasteiger partial charge in [0.05, 0.1) is 19.3 Å². The molecule has 1 unspecified atom stereocenters. The van der Waals surface area contributed by atoms with E-state index in [0.29, 0.717) is 12.0 Å². The van der Waals surface area contributed by atoms with E-state index in [0.717, 1.165) is 48.0 Å². The van der Waals surface area contributed by atoms with E-state index in [4.69, 9.17) is 14.7 Å². The first-order valence-electron chi connectivity index (χ1n) is 10.5. The molecule has 2 fully saturated rings. The molecule has 4 heterocycles. The molecule has 146 valence electrons. The van der Waals surface area contributed by atoms with E-state index in [1.807, 2.05) is 18.5 Å². The number of nitrogens with zero attached hydrogens (tertiary/aromatic N) is 4. The van der Waals surface area contributed by atoms with Crippen LogP contribution in [0.15, 0.2) is 30.6 Å².